The Bertz CT molecular complexity index is 922. The predicted molar refractivity (Wildman–Crippen MR) is 100 cm³/mol. The van der Waals surface area contributed by atoms with Crippen LogP contribution in [0.4, 0.5) is 10.1 Å². The molecule has 1 aliphatic carbocycles. The molecule has 7 nitrogen and oxygen atoms in total. The van der Waals surface area contributed by atoms with E-state index in [1.807, 2.05) is 6.08 Å². The maximum absolute atomic E-state index is 13.3. The molecule has 28 heavy (non-hydrogen) atoms. The highest BCUT2D eigenvalue weighted by Crippen LogP contribution is 2.29. The number of aromatic nitrogens is 2. The van der Waals surface area contributed by atoms with Gasteiger partial charge in [0.2, 0.25) is 5.91 Å². The van der Waals surface area contributed by atoms with Gasteiger partial charge in [-0.2, -0.15) is 5.10 Å². The minimum Gasteiger partial charge on any atom is -0.481 e. The molecule has 2 aromatic rings. The van der Waals surface area contributed by atoms with E-state index in [1.54, 1.807) is 36.7 Å². The largest absolute Gasteiger partial charge is 0.481 e. The van der Waals surface area contributed by atoms with Gasteiger partial charge in [-0.25, -0.2) is 9.07 Å². The number of hydrogen-bond donors (Lipinski definition) is 2. The van der Waals surface area contributed by atoms with Crippen LogP contribution in [0, 0.1) is 31.5 Å². The van der Waals surface area contributed by atoms with Crippen LogP contribution in [0.5, 0.6) is 5.75 Å². The molecule has 2 atom stereocenters. The summed E-state index contributed by atoms with van der Waals surface area (Å²) in [5, 5.41) is 16.5. The van der Waals surface area contributed by atoms with E-state index in [-0.39, 0.29) is 12.6 Å². The number of carbonyl (C=O) groups is 2. The molecule has 0 radical (unpaired) electrons. The van der Waals surface area contributed by atoms with E-state index in [4.69, 9.17) is 4.74 Å². The first-order chi connectivity index (χ1) is 13.4. The van der Waals surface area contributed by atoms with Gasteiger partial charge in [0.15, 0.2) is 6.73 Å². The Morgan fingerprint density at radius 3 is 2.68 bits per heavy atom. The zero-order valence-corrected chi connectivity index (χ0v) is 15.7. The van der Waals surface area contributed by atoms with Crippen molar-refractivity contribution in [2.24, 2.45) is 11.8 Å². The van der Waals surface area contributed by atoms with Crippen LogP contribution in [-0.2, 0) is 16.3 Å². The molecule has 0 bridgehead atoms. The molecule has 0 saturated carbocycles. The number of aryl methyl sites for hydroxylation is 1. The Morgan fingerprint density at radius 2 is 2.00 bits per heavy atom. The van der Waals surface area contributed by atoms with Gasteiger partial charge in [0.1, 0.15) is 11.6 Å². The molecule has 0 unspecified atom stereocenters. The fourth-order valence-electron chi connectivity index (χ4n) is 3.29. The van der Waals surface area contributed by atoms with Crippen molar-refractivity contribution in [2.45, 2.75) is 33.4 Å². The number of nitrogens with one attached hydrogen (secondary N) is 1. The van der Waals surface area contributed by atoms with Crippen molar-refractivity contribution >= 4 is 17.6 Å². The average molecular weight is 387 g/mol. The summed E-state index contributed by atoms with van der Waals surface area (Å²) < 4.78 is 20.4. The molecular weight excluding hydrogens is 365 g/mol. The first kappa shape index (κ1) is 19.6. The second-order valence-electron chi connectivity index (χ2n) is 6.76. The van der Waals surface area contributed by atoms with E-state index in [0.29, 0.717) is 35.7 Å². The molecule has 1 aromatic heterocycles. The Balaban J connectivity index is 1.71. The lowest BCUT2D eigenvalue weighted by molar-refractivity contribution is -0.146. The van der Waals surface area contributed by atoms with Gasteiger partial charge in [0.05, 0.1) is 28.9 Å². The third-order valence-electron chi connectivity index (χ3n) is 4.87. The van der Waals surface area contributed by atoms with Crippen molar-refractivity contribution < 1.29 is 23.8 Å². The molecule has 0 fully saturated rings. The summed E-state index contributed by atoms with van der Waals surface area (Å²) in [6.07, 6.45) is 4.35. The zero-order chi connectivity index (χ0) is 20.3. The van der Waals surface area contributed by atoms with Crippen LogP contribution in [0.3, 0.4) is 0 Å². The van der Waals surface area contributed by atoms with Crippen molar-refractivity contribution in [1.29, 1.82) is 0 Å². The van der Waals surface area contributed by atoms with Crippen LogP contribution >= 0.6 is 0 Å². The summed E-state index contributed by atoms with van der Waals surface area (Å²) >= 11 is 0. The highest BCUT2D eigenvalue weighted by Gasteiger charge is 2.34. The summed E-state index contributed by atoms with van der Waals surface area (Å²) in [4.78, 5) is 24.1. The van der Waals surface area contributed by atoms with E-state index in [9.17, 15) is 19.1 Å². The van der Waals surface area contributed by atoms with Crippen LogP contribution in [-0.4, -0.2) is 26.8 Å². The Labute approximate surface area is 161 Å². The van der Waals surface area contributed by atoms with E-state index in [2.05, 4.69) is 10.4 Å². The number of nitrogens with zero attached hydrogens (tertiary/aromatic N) is 2. The number of benzene rings is 1. The molecule has 0 aliphatic heterocycles. The number of aliphatic carboxylic acids is 1. The van der Waals surface area contributed by atoms with Crippen molar-refractivity contribution in [3.63, 3.8) is 0 Å². The number of hydrogen-bond acceptors (Lipinski definition) is 4. The van der Waals surface area contributed by atoms with E-state index in [0.717, 1.165) is 0 Å². The molecule has 3 rings (SSSR count). The van der Waals surface area contributed by atoms with Crippen molar-refractivity contribution in [1.82, 2.24) is 9.78 Å². The molecule has 1 heterocycles. The quantitative estimate of drug-likeness (QED) is 0.742. The zero-order valence-electron chi connectivity index (χ0n) is 15.7. The summed E-state index contributed by atoms with van der Waals surface area (Å²) in [5.41, 5.74) is 1.79. The summed E-state index contributed by atoms with van der Waals surface area (Å²) in [5.74, 6) is -2.71. The van der Waals surface area contributed by atoms with Gasteiger partial charge in [-0.1, -0.05) is 18.2 Å². The third-order valence-corrected chi connectivity index (χ3v) is 4.87. The molecule has 1 aliphatic rings. The number of ether oxygens (including phenoxy) is 1. The molecular formula is C20H22FN3O4. The first-order valence-electron chi connectivity index (χ1n) is 8.98. The van der Waals surface area contributed by atoms with Gasteiger partial charge in [-0.05, 0) is 38.8 Å². The molecule has 0 spiro atoms. The standard InChI is InChI=1S/C20H22FN3O4/c1-12-18(22-19(25)16-8-3-4-9-17(16)20(26)27)13(2)24(23-12)11-28-15-7-5-6-14(21)10-15/h3-7,10,16-17H,8-9,11H2,1-2H3,(H,22,25)(H,26,27)/t16-,17-/m0/s1. The van der Waals surface area contributed by atoms with Crippen molar-refractivity contribution in [3.05, 3.63) is 53.6 Å². The molecule has 8 heteroatoms. The predicted octanol–water partition coefficient (Wildman–Crippen LogP) is 3.28. The van der Waals surface area contributed by atoms with Crippen molar-refractivity contribution in [3.8, 4) is 5.75 Å². The molecule has 2 N–H and O–H groups in total. The Morgan fingerprint density at radius 1 is 1.29 bits per heavy atom. The highest BCUT2D eigenvalue weighted by molar-refractivity contribution is 5.96. The number of carboxylic acid groups (broad SMARTS) is 1. The maximum atomic E-state index is 13.3. The van der Waals surface area contributed by atoms with Gasteiger partial charge in [0.25, 0.3) is 0 Å². The number of allylic oxidation sites excluding steroid dienone is 2. The average Bonchev–Trinajstić information content (AvgIpc) is 2.94. The third kappa shape index (κ3) is 4.21. The maximum Gasteiger partial charge on any atom is 0.307 e. The normalized spacial score (nSPS) is 18.7. The monoisotopic (exact) mass is 387 g/mol. The fraction of sp³-hybridized carbons (Fsp3) is 0.350. The number of rotatable bonds is 6. The number of anilines is 1. The lowest BCUT2D eigenvalue weighted by Crippen LogP contribution is -2.35. The van der Waals surface area contributed by atoms with Gasteiger partial charge >= 0.3 is 5.97 Å². The van der Waals surface area contributed by atoms with E-state index < -0.39 is 23.6 Å². The van der Waals surface area contributed by atoms with Crippen LogP contribution in [0.1, 0.15) is 24.2 Å². The van der Waals surface area contributed by atoms with Crippen LogP contribution in [0.2, 0.25) is 0 Å². The van der Waals surface area contributed by atoms with E-state index in [1.165, 1.54) is 12.1 Å². The summed E-state index contributed by atoms with van der Waals surface area (Å²) in [7, 11) is 0. The number of amides is 1. The fourth-order valence-corrected chi connectivity index (χ4v) is 3.29. The van der Waals surface area contributed by atoms with Crippen LogP contribution in [0.25, 0.3) is 0 Å². The summed E-state index contributed by atoms with van der Waals surface area (Å²) in [6.45, 7) is 3.58. The van der Waals surface area contributed by atoms with Gasteiger partial charge < -0.3 is 15.2 Å². The Hall–Kier alpha value is -3.16. The van der Waals surface area contributed by atoms with Gasteiger partial charge in [0, 0.05) is 6.07 Å². The van der Waals surface area contributed by atoms with E-state index >= 15 is 0 Å². The minimum absolute atomic E-state index is 0.0515. The highest BCUT2D eigenvalue weighted by atomic mass is 19.1. The molecule has 148 valence electrons. The second-order valence-corrected chi connectivity index (χ2v) is 6.76. The topological polar surface area (TPSA) is 93.5 Å². The lowest BCUT2D eigenvalue weighted by Gasteiger charge is -2.24. The smallest absolute Gasteiger partial charge is 0.307 e. The van der Waals surface area contributed by atoms with Crippen LogP contribution < -0.4 is 10.1 Å². The number of halogens is 1. The number of carboxylic acids is 1. The molecule has 0 saturated heterocycles. The van der Waals surface area contributed by atoms with Gasteiger partial charge in [-0.15, -0.1) is 0 Å². The first-order valence-corrected chi connectivity index (χ1v) is 8.98. The van der Waals surface area contributed by atoms with Crippen LogP contribution in [0.15, 0.2) is 36.4 Å². The Kier molecular flexibility index (Phi) is 5.77. The summed E-state index contributed by atoms with van der Waals surface area (Å²) in [6, 6.07) is 5.79. The second kappa shape index (κ2) is 8.24. The number of carbonyl (C=O) groups excluding carboxylic acids is 1. The minimum atomic E-state index is -0.975. The SMILES string of the molecule is Cc1nn(COc2cccc(F)c2)c(C)c1NC(=O)[C@H]1CC=CC[C@@H]1C(=O)O. The van der Waals surface area contributed by atoms with Crippen molar-refractivity contribution in [2.75, 3.05) is 5.32 Å². The molecule has 1 aromatic carbocycles. The lowest BCUT2D eigenvalue weighted by atomic mass is 9.82. The van der Waals surface area contributed by atoms with Gasteiger partial charge in [-0.3, -0.25) is 9.59 Å². The molecule has 1 amide bonds.